The van der Waals surface area contributed by atoms with Crippen molar-refractivity contribution in [2.24, 2.45) is 17.8 Å². The van der Waals surface area contributed by atoms with Crippen LogP contribution in [-0.4, -0.2) is 36.2 Å². The van der Waals surface area contributed by atoms with Gasteiger partial charge >= 0.3 is 17.2 Å². The van der Waals surface area contributed by atoms with Crippen molar-refractivity contribution in [1.29, 1.82) is 0 Å². The normalized spacial score (nSPS) is 14.4. The number of benzene rings is 2. The van der Waals surface area contributed by atoms with Crippen LogP contribution in [-0.2, 0) is 30.9 Å². The first-order valence-corrected chi connectivity index (χ1v) is 40.1. The minimum atomic E-state index is -1.89. The fourth-order valence-corrected chi connectivity index (χ4v) is 15.3. The van der Waals surface area contributed by atoms with E-state index in [-0.39, 0.29) is 0 Å². The summed E-state index contributed by atoms with van der Waals surface area (Å²) in [6.07, 6.45) is 60.0. The molecule has 0 bridgehead atoms. The first-order valence-electron chi connectivity index (χ1n) is 37.8. The number of aryl methyl sites for hydroxylation is 4. The lowest BCUT2D eigenvalue weighted by molar-refractivity contribution is 0.131. The van der Waals surface area contributed by atoms with Crippen LogP contribution in [0.4, 0.5) is 0 Å². The second-order valence-electron chi connectivity index (χ2n) is 27.0. The summed E-state index contributed by atoms with van der Waals surface area (Å²) in [5.74, 6) is 2.53. The molecule has 0 saturated heterocycles. The minimum absolute atomic E-state index is 0.498. The summed E-state index contributed by atoms with van der Waals surface area (Å²) >= 11 is 0. The molecule has 0 radical (unpaired) electrons. The Balaban J connectivity index is 2.52. The van der Waals surface area contributed by atoms with Crippen LogP contribution in [0.3, 0.4) is 0 Å². The largest absolute Gasteiger partial charge is 0.329 e. The van der Waals surface area contributed by atoms with Crippen molar-refractivity contribution < 1.29 is 27.9 Å². The summed E-state index contributed by atoms with van der Waals surface area (Å²) in [5.41, 5.74) is 9.18. The quantitative estimate of drug-likeness (QED) is 0.0508. The molecule has 0 spiro atoms. The molecule has 6 atom stereocenters. The van der Waals surface area contributed by atoms with E-state index in [0.717, 1.165) is 70.6 Å². The third-order valence-electron chi connectivity index (χ3n) is 19.1. The molecule has 0 aliphatic rings. The second-order valence-corrected chi connectivity index (χ2v) is 29.0. The highest BCUT2D eigenvalue weighted by atomic mass is 31.2. The Morgan fingerprint density at radius 3 is 0.919 bits per heavy atom. The van der Waals surface area contributed by atoms with Gasteiger partial charge in [0.1, 0.15) is 0 Å². The Bertz CT molecular complexity index is 1650. The Hall–Kier alpha value is -0.940. The van der Waals surface area contributed by atoms with Crippen molar-refractivity contribution in [2.45, 2.75) is 382 Å². The Kier molecular flexibility index (Phi) is 54.7. The predicted molar refractivity (Wildman–Crippen MR) is 380 cm³/mol. The molecular formula is C78H144O6P2. The van der Waals surface area contributed by atoms with Gasteiger partial charge in [0, 0.05) is 0 Å². The van der Waals surface area contributed by atoms with Gasteiger partial charge in [-0.1, -0.05) is 314 Å². The first kappa shape index (κ1) is 81.2. The van der Waals surface area contributed by atoms with Crippen LogP contribution < -0.4 is 0 Å². The smallest absolute Gasteiger partial charge is 0.328 e. The monoisotopic (exact) mass is 1240 g/mol. The molecule has 2 aromatic rings. The van der Waals surface area contributed by atoms with Crippen LogP contribution in [0, 0.1) is 31.6 Å². The summed E-state index contributed by atoms with van der Waals surface area (Å²) in [5, 5.41) is 0. The molecule has 0 saturated carbocycles. The lowest BCUT2D eigenvalue weighted by Crippen LogP contribution is -2.28. The van der Waals surface area contributed by atoms with E-state index in [9.17, 15) is 9.79 Å². The number of hydrogen-bond donors (Lipinski definition) is 2. The van der Waals surface area contributed by atoms with E-state index in [2.05, 4.69) is 98.7 Å². The molecule has 2 N–H and O–H groups in total. The van der Waals surface area contributed by atoms with E-state index in [4.69, 9.17) is 18.1 Å². The standard InChI is InChI=1S/C78H144O6P2/c1-10-17-23-27-29-31-33-35-37-41-45-60-81-85(79)83-62-47-54-72(66-74(52-43-39-25-19-12-3)77-64-68(8)56-58-70(77)50-21-14-5)76(49-16-7)73(55-48-63-84-86(80)82-61-46-42-38-36-34-32-30-28-24-18-11-2)67-75(53-44-40-26-20-13-4)78-65-69(9)57-59-71(78)51-22-15-6/h56-59,64-65,72-76,79-80H,10-55,60-63,66-67H2,1-9H3. The van der Waals surface area contributed by atoms with Gasteiger partial charge in [0.2, 0.25) is 0 Å². The maximum atomic E-state index is 11.1. The zero-order valence-corrected chi connectivity index (χ0v) is 60.3. The summed E-state index contributed by atoms with van der Waals surface area (Å²) < 4.78 is 24.4. The van der Waals surface area contributed by atoms with Gasteiger partial charge in [-0.25, -0.2) is 0 Å². The van der Waals surface area contributed by atoms with Crippen molar-refractivity contribution in [3.63, 3.8) is 0 Å². The highest BCUT2D eigenvalue weighted by Crippen LogP contribution is 2.46. The van der Waals surface area contributed by atoms with Gasteiger partial charge in [0.05, 0.1) is 26.4 Å². The van der Waals surface area contributed by atoms with Crippen LogP contribution in [0.25, 0.3) is 0 Å². The predicted octanol–water partition coefficient (Wildman–Crippen LogP) is 26.7. The van der Waals surface area contributed by atoms with Crippen molar-refractivity contribution in [1.82, 2.24) is 0 Å². The highest BCUT2D eigenvalue weighted by Gasteiger charge is 2.34. The van der Waals surface area contributed by atoms with Crippen LogP contribution >= 0.6 is 17.2 Å². The minimum Gasteiger partial charge on any atom is -0.328 e. The zero-order valence-electron chi connectivity index (χ0n) is 58.5. The molecule has 0 heterocycles. The number of rotatable bonds is 64. The molecule has 8 heteroatoms. The average molecular weight is 1240 g/mol. The fourth-order valence-electron chi connectivity index (χ4n) is 14.0. The molecular weight excluding hydrogens is 1090 g/mol. The number of hydrogen-bond acceptors (Lipinski definition) is 6. The summed E-state index contributed by atoms with van der Waals surface area (Å²) in [6.45, 7) is 23.2. The molecule has 0 aliphatic carbocycles. The molecule has 6 unspecified atom stereocenters. The fraction of sp³-hybridized carbons (Fsp3) is 0.846. The molecule has 0 amide bonds. The van der Waals surface area contributed by atoms with Gasteiger partial charge in [0.25, 0.3) is 0 Å². The Morgan fingerprint density at radius 1 is 0.314 bits per heavy atom. The van der Waals surface area contributed by atoms with Crippen molar-refractivity contribution in [2.75, 3.05) is 26.4 Å². The van der Waals surface area contributed by atoms with E-state index in [1.54, 1.807) is 22.3 Å². The van der Waals surface area contributed by atoms with Gasteiger partial charge in [-0.2, -0.15) is 0 Å². The third kappa shape index (κ3) is 41.5. The SMILES string of the molecule is CCCCCCCCCCCCCOP(O)OCCCC(CC(CCCCCCC)c1cc(C)ccc1CCCC)C(CCC)C(CCCOP(O)OCCCCCCCCCCCCC)CC(CCCCCCC)c1cc(C)ccc1CCCC. The van der Waals surface area contributed by atoms with Gasteiger partial charge in [-0.05, 0) is 156 Å². The maximum Gasteiger partial charge on any atom is 0.329 e. The second kappa shape index (κ2) is 57.9. The molecule has 2 rings (SSSR count). The third-order valence-corrected chi connectivity index (χ3v) is 20.8. The first-order chi connectivity index (χ1) is 42.1. The van der Waals surface area contributed by atoms with Gasteiger partial charge in [0.15, 0.2) is 0 Å². The Morgan fingerprint density at radius 2 is 0.605 bits per heavy atom. The van der Waals surface area contributed by atoms with Crippen LogP contribution in [0.2, 0.25) is 0 Å². The lowest BCUT2D eigenvalue weighted by Gasteiger charge is -2.39. The number of unbranched alkanes of at least 4 members (excludes halogenated alkanes) is 30. The van der Waals surface area contributed by atoms with Crippen molar-refractivity contribution in [3.8, 4) is 0 Å². The van der Waals surface area contributed by atoms with E-state index in [0.29, 0.717) is 56.0 Å². The summed E-state index contributed by atoms with van der Waals surface area (Å²) in [6, 6.07) is 14.9. The molecule has 0 aromatic heterocycles. The topological polar surface area (TPSA) is 77.4 Å². The van der Waals surface area contributed by atoms with Gasteiger partial charge in [-0.15, -0.1) is 0 Å². The van der Waals surface area contributed by atoms with Gasteiger partial charge in [-0.3, -0.25) is 0 Å². The van der Waals surface area contributed by atoms with E-state index < -0.39 is 17.2 Å². The van der Waals surface area contributed by atoms with Crippen LogP contribution in [0.15, 0.2) is 36.4 Å². The molecule has 502 valence electrons. The van der Waals surface area contributed by atoms with Crippen molar-refractivity contribution >= 4 is 17.2 Å². The maximum absolute atomic E-state index is 11.1. The molecule has 86 heavy (non-hydrogen) atoms. The highest BCUT2D eigenvalue weighted by molar-refractivity contribution is 7.40. The van der Waals surface area contributed by atoms with E-state index in [1.807, 2.05) is 0 Å². The van der Waals surface area contributed by atoms with E-state index in [1.165, 1.54) is 249 Å². The van der Waals surface area contributed by atoms with Gasteiger partial charge < -0.3 is 27.9 Å². The lowest BCUT2D eigenvalue weighted by atomic mass is 9.67. The van der Waals surface area contributed by atoms with Crippen LogP contribution in [0.1, 0.15) is 389 Å². The van der Waals surface area contributed by atoms with Crippen molar-refractivity contribution in [3.05, 3.63) is 69.8 Å². The summed E-state index contributed by atoms with van der Waals surface area (Å²) in [4.78, 5) is 22.3. The molecule has 6 nitrogen and oxygen atoms in total. The summed E-state index contributed by atoms with van der Waals surface area (Å²) in [7, 11) is -3.79. The molecule has 0 fully saturated rings. The average Bonchev–Trinajstić information content (AvgIpc) is 3.70. The molecule has 2 aromatic carbocycles. The van der Waals surface area contributed by atoms with E-state index >= 15 is 0 Å². The molecule has 0 aliphatic heterocycles. The zero-order chi connectivity index (χ0) is 62.3. The van der Waals surface area contributed by atoms with Crippen LogP contribution in [0.5, 0.6) is 0 Å². The Labute approximate surface area is 538 Å².